The minimum absolute atomic E-state index is 0.0752. The molecule has 4 heteroatoms. The maximum Gasteiger partial charge on any atom is 0.269 e. The van der Waals surface area contributed by atoms with Crippen LogP contribution in [0.1, 0.15) is 18.1 Å². The highest BCUT2D eigenvalue weighted by atomic mass is 16.6. The van der Waals surface area contributed by atoms with Crippen molar-refractivity contribution in [1.82, 2.24) is 0 Å². The van der Waals surface area contributed by atoms with Gasteiger partial charge in [-0.1, -0.05) is 6.07 Å². The highest BCUT2D eigenvalue weighted by Gasteiger charge is 2.09. The zero-order valence-electron chi connectivity index (χ0n) is 8.23. The summed E-state index contributed by atoms with van der Waals surface area (Å²) in [6, 6.07) is 4.69. The van der Waals surface area contributed by atoms with Gasteiger partial charge in [0.05, 0.1) is 11.0 Å². The Bertz CT molecular complexity index is 347. The molecule has 0 bridgehead atoms. The van der Waals surface area contributed by atoms with E-state index in [1.807, 2.05) is 6.92 Å². The number of non-ortho nitro benzene ring substituents is 1. The number of aliphatic hydroxyl groups excluding tert-OH is 1. The number of nitrogens with zero attached hydrogens (tertiary/aromatic N) is 1. The van der Waals surface area contributed by atoms with Crippen molar-refractivity contribution in [3.63, 3.8) is 0 Å². The van der Waals surface area contributed by atoms with Crippen LogP contribution in [-0.2, 0) is 6.42 Å². The van der Waals surface area contributed by atoms with Gasteiger partial charge >= 0.3 is 0 Å². The lowest BCUT2D eigenvalue weighted by Crippen LogP contribution is -2.06. The van der Waals surface area contributed by atoms with Gasteiger partial charge in [-0.25, -0.2) is 0 Å². The molecule has 1 rings (SSSR count). The number of nitro groups is 1. The minimum atomic E-state index is -0.476. The molecule has 0 amide bonds. The van der Waals surface area contributed by atoms with E-state index in [2.05, 4.69) is 0 Å². The summed E-state index contributed by atoms with van der Waals surface area (Å²) in [5.74, 6) is 0. The normalized spacial score (nSPS) is 12.5. The smallest absolute Gasteiger partial charge is 0.269 e. The SMILES string of the molecule is Cc1ccc([N+](=O)[O-])cc1CC(C)O. The first-order chi connectivity index (χ1) is 6.50. The molecule has 1 aromatic carbocycles. The lowest BCUT2D eigenvalue weighted by molar-refractivity contribution is -0.384. The van der Waals surface area contributed by atoms with Crippen molar-refractivity contribution in [2.24, 2.45) is 0 Å². The monoisotopic (exact) mass is 195 g/mol. The molecule has 4 nitrogen and oxygen atoms in total. The van der Waals surface area contributed by atoms with Crippen molar-refractivity contribution in [2.75, 3.05) is 0 Å². The molecule has 0 fully saturated rings. The second kappa shape index (κ2) is 4.19. The molecule has 0 aliphatic carbocycles. The third-order valence-corrected chi connectivity index (χ3v) is 2.06. The van der Waals surface area contributed by atoms with Crippen LogP contribution in [0, 0.1) is 17.0 Å². The van der Waals surface area contributed by atoms with Crippen molar-refractivity contribution < 1.29 is 10.0 Å². The molecule has 1 aromatic rings. The molecule has 0 saturated heterocycles. The Balaban J connectivity index is 3.02. The predicted octanol–water partition coefficient (Wildman–Crippen LogP) is 1.83. The number of nitro benzene ring substituents is 1. The van der Waals surface area contributed by atoms with Crippen LogP contribution in [0.5, 0.6) is 0 Å². The summed E-state index contributed by atoms with van der Waals surface area (Å²) >= 11 is 0. The number of hydrogen-bond donors (Lipinski definition) is 1. The molecule has 0 spiro atoms. The molecule has 0 radical (unpaired) electrons. The molecular weight excluding hydrogens is 182 g/mol. The molecule has 1 unspecified atom stereocenters. The van der Waals surface area contributed by atoms with Crippen molar-refractivity contribution in [3.8, 4) is 0 Å². The largest absolute Gasteiger partial charge is 0.393 e. The zero-order chi connectivity index (χ0) is 10.7. The molecule has 14 heavy (non-hydrogen) atoms. The molecule has 0 aliphatic rings. The van der Waals surface area contributed by atoms with Crippen molar-refractivity contribution in [2.45, 2.75) is 26.4 Å². The zero-order valence-corrected chi connectivity index (χ0v) is 8.23. The van der Waals surface area contributed by atoms with E-state index in [1.54, 1.807) is 13.0 Å². The number of benzene rings is 1. The standard InChI is InChI=1S/C10H13NO3/c1-7-3-4-10(11(13)14)6-9(7)5-8(2)12/h3-4,6,8,12H,5H2,1-2H3. The summed E-state index contributed by atoms with van der Waals surface area (Å²) in [5, 5.41) is 19.7. The van der Waals surface area contributed by atoms with Crippen LogP contribution in [0.15, 0.2) is 18.2 Å². The maximum atomic E-state index is 10.5. The van der Waals surface area contributed by atoms with E-state index in [-0.39, 0.29) is 5.69 Å². The maximum absolute atomic E-state index is 10.5. The van der Waals surface area contributed by atoms with Gasteiger partial charge in [-0.2, -0.15) is 0 Å². The predicted molar refractivity (Wildman–Crippen MR) is 53.2 cm³/mol. The molecule has 1 N–H and O–H groups in total. The molecule has 0 heterocycles. The van der Waals surface area contributed by atoms with Crippen LogP contribution in [0.4, 0.5) is 5.69 Å². The van der Waals surface area contributed by atoms with Gasteiger partial charge in [-0.3, -0.25) is 10.1 Å². The van der Waals surface area contributed by atoms with Gasteiger partial charge in [0, 0.05) is 12.1 Å². The summed E-state index contributed by atoms with van der Waals surface area (Å²) in [4.78, 5) is 10.1. The van der Waals surface area contributed by atoms with Crippen molar-refractivity contribution >= 4 is 5.69 Å². The molecule has 0 aromatic heterocycles. The van der Waals surface area contributed by atoms with Gasteiger partial charge in [-0.15, -0.1) is 0 Å². The highest BCUT2D eigenvalue weighted by molar-refractivity contribution is 5.39. The third-order valence-electron chi connectivity index (χ3n) is 2.06. The van der Waals surface area contributed by atoms with Gasteiger partial charge < -0.3 is 5.11 Å². The lowest BCUT2D eigenvalue weighted by atomic mass is 10.0. The first-order valence-electron chi connectivity index (χ1n) is 4.42. The van der Waals surface area contributed by atoms with Crippen LogP contribution in [0.2, 0.25) is 0 Å². The van der Waals surface area contributed by atoms with E-state index in [0.29, 0.717) is 6.42 Å². The number of aliphatic hydroxyl groups is 1. The summed E-state index contributed by atoms with van der Waals surface area (Å²) in [6.45, 7) is 3.54. The van der Waals surface area contributed by atoms with Gasteiger partial charge in [0.2, 0.25) is 0 Å². The van der Waals surface area contributed by atoms with Gasteiger partial charge in [0.1, 0.15) is 0 Å². The van der Waals surface area contributed by atoms with Crippen LogP contribution < -0.4 is 0 Å². The van der Waals surface area contributed by atoms with E-state index in [9.17, 15) is 15.2 Å². The summed E-state index contributed by atoms with van der Waals surface area (Å²) in [7, 11) is 0. The van der Waals surface area contributed by atoms with Crippen LogP contribution >= 0.6 is 0 Å². The summed E-state index contributed by atoms with van der Waals surface area (Å²) in [6.07, 6.45) is -0.0243. The van der Waals surface area contributed by atoms with E-state index >= 15 is 0 Å². The Kier molecular flexibility index (Phi) is 3.19. The number of rotatable bonds is 3. The van der Waals surface area contributed by atoms with Gasteiger partial charge in [0.15, 0.2) is 0 Å². The number of hydrogen-bond acceptors (Lipinski definition) is 3. The van der Waals surface area contributed by atoms with Crippen LogP contribution in [0.3, 0.4) is 0 Å². The number of aryl methyl sites for hydroxylation is 1. The Morgan fingerprint density at radius 3 is 2.71 bits per heavy atom. The summed E-state index contributed by atoms with van der Waals surface area (Å²) < 4.78 is 0. The van der Waals surface area contributed by atoms with Gasteiger partial charge in [0.25, 0.3) is 5.69 Å². The Hall–Kier alpha value is -1.42. The Labute approximate surface area is 82.3 Å². The first kappa shape index (κ1) is 10.7. The van der Waals surface area contributed by atoms with E-state index < -0.39 is 11.0 Å². The first-order valence-corrected chi connectivity index (χ1v) is 4.42. The molecule has 0 saturated carbocycles. The van der Waals surface area contributed by atoms with E-state index in [4.69, 9.17) is 0 Å². The Morgan fingerprint density at radius 2 is 2.21 bits per heavy atom. The second-order valence-electron chi connectivity index (χ2n) is 3.42. The molecule has 76 valence electrons. The van der Waals surface area contributed by atoms with Crippen LogP contribution in [-0.4, -0.2) is 16.1 Å². The average molecular weight is 195 g/mol. The summed E-state index contributed by atoms with van der Waals surface area (Å²) in [5.41, 5.74) is 1.87. The molecular formula is C10H13NO3. The van der Waals surface area contributed by atoms with Crippen LogP contribution in [0.25, 0.3) is 0 Å². The second-order valence-corrected chi connectivity index (χ2v) is 3.42. The highest BCUT2D eigenvalue weighted by Crippen LogP contribution is 2.18. The average Bonchev–Trinajstić information content (AvgIpc) is 2.07. The van der Waals surface area contributed by atoms with E-state index in [0.717, 1.165) is 11.1 Å². The molecule has 0 aliphatic heterocycles. The van der Waals surface area contributed by atoms with Gasteiger partial charge in [-0.05, 0) is 31.4 Å². The quantitative estimate of drug-likeness (QED) is 0.591. The fraction of sp³-hybridized carbons (Fsp3) is 0.400. The minimum Gasteiger partial charge on any atom is -0.393 e. The molecule has 1 atom stereocenters. The van der Waals surface area contributed by atoms with Crippen molar-refractivity contribution in [1.29, 1.82) is 0 Å². The lowest BCUT2D eigenvalue weighted by Gasteiger charge is -2.07. The van der Waals surface area contributed by atoms with E-state index in [1.165, 1.54) is 12.1 Å². The third kappa shape index (κ3) is 2.53. The fourth-order valence-corrected chi connectivity index (χ4v) is 1.31. The Morgan fingerprint density at radius 1 is 1.57 bits per heavy atom. The fourth-order valence-electron chi connectivity index (χ4n) is 1.31. The van der Waals surface area contributed by atoms with Crippen molar-refractivity contribution in [3.05, 3.63) is 39.4 Å². The topological polar surface area (TPSA) is 63.4 Å².